The average molecular weight is 275 g/mol. The molecule has 0 saturated carbocycles. The van der Waals surface area contributed by atoms with Gasteiger partial charge in [0.15, 0.2) is 0 Å². The Kier molecular flexibility index (Phi) is 4.25. The van der Waals surface area contributed by atoms with Crippen molar-refractivity contribution in [1.82, 2.24) is 0 Å². The number of hydrogen-bond acceptors (Lipinski definition) is 2. The zero-order valence-electron chi connectivity index (χ0n) is 10.7. The summed E-state index contributed by atoms with van der Waals surface area (Å²) in [5.74, 6) is -1.86. The fourth-order valence-corrected chi connectivity index (χ4v) is 1.82. The second-order valence-electron chi connectivity index (χ2n) is 4.91. The van der Waals surface area contributed by atoms with Crippen LogP contribution in [0.25, 0.3) is 0 Å². The molecule has 0 amide bonds. The van der Waals surface area contributed by atoms with E-state index in [1.54, 1.807) is 6.07 Å². The Hall–Kier alpha value is -1.56. The molecular weight excluding hydrogens is 259 g/mol. The fourth-order valence-electron chi connectivity index (χ4n) is 1.82. The molecule has 0 aliphatic heterocycles. The largest absolute Gasteiger partial charge is 0.479 e. The van der Waals surface area contributed by atoms with E-state index in [0.29, 0.717) is 12.0 Å². The molecule has 3 N–H and O–H groups in total. The summed E-state index contributed by atoms with van der Waals surface area (Å²) in [6, 6.07) is 5.35. The number of carboxylic acid groups (broad SMARTS) is 1. The molecule has 0 fully saturated rings. The van der Waals surface area contributed by atoms with E-state index < -0.39 is 23.2 Å². The highest BCUT2D eigenvalue weighted by molar-refractivity contribution is 5.81. The smallest absolute Gasteiger partial charge is 0.421 e. The Bertz CT molecular complexity index is 471. The molecule has 0 heterocycles. The Morgan fingerprint density at radius 3 is 2.37 bits per heavy atom. The molecule has 0 spiro atoms. The molecule has 0 aromatic heterocycles. The van der Waals surface area contributed by atoms with Gasteiger partial charge in [-0.05, 0) is 23.5 Å². The SMILES string of the molecule is CC(C)Cc1cccc(C(N)(C(=O)O)C(F)(F)F)c1. The summed E-state index contributed by atoms with van der Waals surface area (Å²) < 4.78 is 38.8. The minimum absolute atomic E-state index is 0.248. The summed E-state index contributed by atoms with van der Waals surface area (Å²) in [7, 11) is 0. The van der Waals surface area contributed by atoms with Crippen molar-refractivity contribution in [2.45, 2.75) is 32.0 Å². The summed E-state index contributed by atoms with van der Waals surface area (Å²) in [6.45, 7) is 3.84. The molecule has 3 nitrogen and oxygen atoms in total. The van der Waals surface area contributed by atoms with Crippen LogP contribution in [0.1, 0.15) is 25.0 Å². The van der Waals surface area contributed by atoms with Crippen LogP contribution in [0.3, 0.4) is 0 Å². The molecule has 6 heteroatoms. The molecule has 0 saturated heterocycles. The average Bonchev–Trinajstić information content (AvgIpc) is 2.25. The van der Waals surface area contributed by atoms with Crippen LogP contribution in [0.5, 0.6) is 0 Å². The van der Waals surface area contributed by atoms with E-state index in [4.69, 9.17) is 10.8 Å². The third-order valence-corrected chi connectivity index (χ3v) is 2.81. The van der Waals surface area contributed by atoms with Gasteiger partial charge in [-0.15, -0.1) is 0 Å². The van der Waals surface area contributed by atoms with Crippen LogP contribution in [0, 0.1) is 5.92 Å². The summed E-state index contributed by atoms with van der Waals surface area (Å²) in [4.78, 5) is 11.0. The van der Waals surface area contributed by atoms with Crippen molar-refractivity contribution < 1.29 is 23.1 Å². The number of hydrogen-bond donors (Lipinski definition) is 2. The molecule has 0 aliphatic rings. The first-order chi connectivity index (χ1) is 8.59. The minimum atomic E-state index is -5.06. The quantitative estimate of drug-likeness (QED) is 0.888. The molecule has 1 aromatic rings. The summed E-state index contributed by atoms with van der Waals surface area (Å²) >= 11 is 0. The lowest BCUT2D eigenvalue weighted by Crippen LogP contribution is -2.56. The molecule has 19 heavy (non-hydrogen) atoms. The van der Waals surface area contributed by atoms with Crippen LogP contribution < -0.4 is 5.73 Å². The van der Waals surface area contributed by atoms with Crippen LogP contribution in [-0.2, 0) is 16.8 Å². The second-order valence-corrected chi connectivity index (χ2v) is 4.91. The predicted octanol–water partition coefficient (Wildman–Crippen LogP) is 2.69. The van der Waals surface area contributed by atoms with Gasteiger partial charge < -0.3 is 10.8 Å². The highest BCUT2D eigenvalue weighted by Gasteiger charge is 2.59. The van der Waals surface area contributed by atoms with E-state index in [1.165, 1.54) is 12.1 Å². The third-order valence-electron chi connectivity index (χ3n) is 2.81. The third kappa shape index (κ3) is 3.07. The summed E-state index contributed by atoms with van der Waals surface area (Å²) in [6.07, 6.45) is -4.50. The number of aliphatic carboxylic acids is 1. The lowest BCUT2D eigenvalue weighted by molar-refractivity contribution is -0.204. The van der Waals surface area contributed by atoms with Gasteiger partial charge in [0.1, 0.15) is 0 Å². The minimum Gasteiger partial charge on any atom is -0.479 e. The summed E-state index contributed by atoms with van der Waals surface area (Å²) in [5.41, 5.74) is 1.92. The van der Waals surface area contributed by atoms with Gasteiger partial charge in [-0.1, -0.05) is 38.1 Å². The van der Waals surface area contributed by atoms with Crippen LogP contribution in [0.2, 0.25) is 0 Å². The molecule has 0 radical (unpaired) electrons. The molecule has 1 rings (SSSR count). The highest BCUT2D eigenvalue weighted by Crippen LogP contribution is 2.37. The maximum atomic E-state index is 12.9. The van der Waals surface area contributed by atoms with E-state index in [-0.39, 0.29) is 5.92 Å². The lowest BCUT2D eigenvalue weighted by atomic mass is 9.88. The van der Waals surface area contributed by atoms with Gasteiger partial charge in [0.2, 0.25) is 5.54 Å². The van der Waals surface area contributed by atoms with Gasteiger partial charge in [0.25, 0.3) is 0 Å². The Morgan fingerprint density at radius 2 is 1.95 bits per heavy atom. The number of carbonyl (C=O) groups is 1. The van der Waals surface area contributed by atoms with Crippen molar-refractivity contribution >= 4 is 5.97 Å². The van der Waals surface area contributed by atoms with Crippen LogP contribution in [0.15, 0.2) is 24.3 Å². The molecule has 1 atom stereocenters. The molecule has 0 aliphatic carbocycles. The van der Waals surface area contributed by atoms with Crippen LogP contribution in [-0.4, -0.2) is 17.3 Å². The number of halogens is 3. The fraction of sp³-hybridized carbons (Fsp3) is 0.462. The van der Waals surface area contributed by atoms with Crippen LogP contribution in [0.4, 0.5) is 13.2 Å². The second kappa shape index (κ2) is 5.21. The predicted molar refractivity (Wildman–Crippen MR) is 64.5 cm³/mol. The summed E-state index contributed by atoms with van der Waals surface area (Å²) in [5, 5.41) is 8.85. The zero-order chi connectivity index (χ0) is 14.8. The van der Waals surface area contributed by atoms with Crippen molar-refractivity contribution in [3.63, 3.8) is 0 Å². The van der Waals surface area contributed by atoms with E-state index >= 15 is 0 Å². The van der Waals surface area contributed by atoms with Crippen LogP contribution >= 0.6 is 0 Å². The number of nitrogens with two attached hydrogens (primary N) is 1. The lowest BCUT2D eigenvalue weighted by Gasteiger charge is -2.28. The van der Waals surface area contributed by atoms with Gasteiger partial charge in [-0.3, -0.25) is 0 Å². The van der Waals surface area contributed by atoms with Crippen molar-refractivity contribution in [1.29, 1.82) is 0 Å². The molecule has 1 unspecified atom stereocenters. The normalized spacial score (nSPS) is 15.3. The van der Waals surface area contributed by atoms with Crippen molar-refractivity contribution in [2.24, 2.45) is 11.7 Å². The van der Waals surface area contributed by atoms with Gasteiger partial charge in [0, 0.05) is 0 Å². The van der Waals surface area contributed by atoms with Gasteiger partial charge in [-0.2, -0.15) is 13.2 Å². The molecule has 0 bridgehead atoms. The van der Waals surface area contributed by atoms with E-state index in [0.717, 1.165) is 6.07 Å². The number of rotatable bonds is 4. The topological polar surface area (TPSA) is 63.3 Å². The van der Waals surface area contributed by atoms with Gasteiger partial charge in [0.05, 0.1) is 0 Å². The van der Waals surface area contributed by atoms with Gasteiger partial charge >= 0.3 is 12.1 Å². The zero-order valence-corrected chi connectivity index (χ0v) is 10.7. The maximum Gasteiger partial charge on any atom is 0.421 e. The number of alkyl halides is 3. The first-order valence-electron chi connectivity index (χ1n) is 5.77. The van der Waals surface area contributed by atoms with Crippen molar-refractivity contribution in [3.05, 3.63) is 35.4 Å². The Labute approximate surface area is 109 Å². The first kappa shape index (κ1) is 15.5. The maximum absolute atomic E-state index is 12.9. The van der Waals surface area contributed by atoms with Crippen molar-refractivity contribution in [3.8, 4) is 0 Å². The molecule has 106 valence electrons. The van der Waals surface area contributed by atoms with E-state index in [1.807, 2.05) is 13.8 Å². The monoisotopic (exact) mass is 275 g/mol. The highest BCUT2D eigenvalue weighted by atomic mass is 19.4. The van der Waals surface area contributed by atoms with E-state index in [2.05, 4.69) is 0 Å². The Morgan fingerprint density at radius 1 is 1.37 bits per heavy atom. The first-order valence-corrected chi connectivity index (χ1v) is 5.77. The van der Waals surface area contributed by atoms with E-state index in [9.17, 15) is 18.0 Å². The molecule has 1 aromatic carbocycles. The Balaban J connectivity index is 3.29. The van der Waals surface area contributed by atoms with Crippen molar-refractivity contribution in [2.75, 3.05) is 0 Å². The van der Waals surface area contributed by atoms with Gasteiger partial charge in [-0.25, -0.2) is 4.79 Å². The standard InChI is InChI=1S/C13H16F3NO2/c1-8(2)6-9-4-3-5-10(7-9)12(17,11(18)19)13(14,15)16/h3-5,7-8H,6,17H2,1-2H3,(H,18,19). The molecular formula is C13H16F3NO2. The number of benzene rings is 1. The number of carboxylic acids is 1.